The molecule has 0 saturated heterocycles. The topological polar surface area (TPSA) is 41.0 Å². The molecule has 1 aromatic heterocycles. The molecule has 0 radical (unpaired) electrons. The average molecular weight is 242 g/mol. The molecule has 4 nitrogen and oxygen atoms in total. The second-order valence-corrected chi connectivity index (χ2v) is 3.92. The molecule has 0 amide bonds. The second-order valence-electron chi connectivity index (χ2n) is 3.92. The Kier molecular flexibility index (Phi) is 4.12. The van der Waals surface area contributed by atoms with Gasteiger partial charge in [0, 0.05) is 24.8 Å². The highest BCUT2D eigenvalue weighted by Gasteiger charge is 2.04. The van der Waals surface area contributed by atoms with Gasteiger partial charge in [-0.05, 0) is 26.0 Å². The summed E-state index contributed by atoms with van der Waals surface area (Å²) < 4.78 is 0. The van der Waals surface area contributed by atoms with Crippen molar-refractivity contribution in [3.8, 4) is 0 Å². The Morgan fingerprint density at radius 1 is 1.06 bits per heavy atom. The summed E-state index contributed by atoms with van der Waals surface area (Å²) in [6.07, 6.45) is 1.60. The number of aromatic nitrogens is 2. The van der Waals surface area contributed by atoms with Gasteiger partial charge in [-0.3, -0.25) is 0 Å². The molecule has 0 fully saturated rings. The zero-order chi connectivity index (χ0) is 12.8. The zero-order valence-corrected chi connectivity index (χ0v) is 10.8. The van der Waals surface area contributed by atoms with Gasteiger partial charge in [-0.1, -0.05) is 18.2 Å². The lowest BCUT2D eigenvalue weighted by atomic mass is 10.3. The molecule has 0 bridgehead atoms. The molecular weight excluding hydrogens is 224 g/mol. The van der Waals surface area contributed by atoms with Gasteiger partial charge in [0.25, 0.3) is 0 Å². The highest BCUT2D eigenvalue weighted by Crippen LogP contribution is 2.17. The highest BCUT2D eigenvalue weighted by molar-refractivity contribution is 5.58. The van der Waals surface area contributed by atoms with E-state index in [1.165, 1.54) is 0 Å². The molecule has 1 N–H and O–H groups in total. The number of benzene rings is 1. The third kappa shape index (κ3) is 2.97. The van der Waals surface area contributed by atoms with Crippen molar-refractivity contribution in [3.05, 3.63) is 42.7 Å². The fraction of sp³-hybridized carbons (Fsp3) is 0.286. The normalized spacial score (nSPS) is 10.1. The smallest absolute Gasteiger partial charge is 0.135 e. The lowest BCUT2D eigenvalue weighted by Crippen LogP contribution is -2.23. The molecular formula is C14H18N4. The van der Waals surface area contributed by atoms with E-state index in [1.54, 1.807) is 6.33 Å². The van der Waals surface area contributed by atoms with E-state index in [2.05, 4.69) is 34.0 Å². The first-order valence-electron chi connectivity index (χ1n) is 6.22. The van der Waals surface area contributed by atoms with Crippen molar-refractivity contribution in [1.29, 1.82) is 0 Å². The first-order valence-corrected chi connectivity index (χ1v) is 6.22. The van der Waals surface area contributed by atoms with Crippen LogP contribution in [0.15, 0.2) is 42.7 Å². The summed E-state index contributed by atoms with van der Waals surface area (Å²) in [7, 11) is 0. The van der Waals surface area contributed by atoms with E-state index in [4.69, 9.17) is 0 Å². The van der Waals surface area contributed by atoms with Gasteiger partial charge in [-0.25, -0.2) is 9.97 Å². The quantitative estimate of drug-likeness (QED) is 0.874. The minimum Gasteiger partial charge on any atom is -0.357 e. The maximum Gasteiger partial charge on any atom is 0.135 e. The van der Waals surface area contributed by atoms with Crippen LogP contribution in [0.2, 0.25) is 0 Å². The van der Waals surface area contributed by atoms with Crippen LogP contribution in [-0.4, -0.2) is 23.1 Å². The van der Waals surface area contributed by atoms with Crippen molar-refractivity contribution in [2.45, 2.75) is 13.8 Å². The largest absolute Gasteiger partial charge is 0.357 e. The van der Waals surface area contributed by atoms with Crippen molar-refractivity contribution in [2.24, 2.45) is 0 Å². The second kappa shape index (κ2) is 6.00. The molecule has 94 valence electrons. The van der Waals surface area contributed by atoms with Gasteiger partial charge >= 0.3 is 0 Å². The Hall–Kier alpha value is -2.10. The summed E-state index contributed by atoms with van der Waals surface area (Å²) >= 11 is 0. The molecule has 0 aliphatic heterocycles. The standard InChI is InChI=1S/C14H18N4/c1-3-18(4-2)14-10-13(15-11-16-14)17-12-8-6-5-7-9-12/h5-11H,3-4H2,1-2H3,(H,15,16,17). The number of hydrogen-bond acceptors (Lipinski definition) is 4. The number of rotatable bonds is 5. The number of anilines is 3. The molecule has 0 atom stereocenters. The SMILES string of the molecule is CCN(CC)c1cc(Nc2ccccc2)ncn1. The van der Waals surface area contributed by atoms with Gasteiger partial charge in [0.1, 0.15) is 18.0 Å². The predicted molar refractivity (Wildman–Crippen MR) is 75.3 cm³/mol. The minimum absolute atomic E-state index is 0.818. The fourth-order valence-corrected chi connectivity index (χ4v) is 1.81. The minimum atomic E-state index is 0.818. The molecule has 0 saturated carbocycles. The van der Waals surface area contributed by atoms with Crippen LogP contribution in [0, 0.1) is 0 Å². The van der Waals surface area contributed by atoms with Crippen molar-refractivity contribution in [2.75, 3.05) is 23.3 Å². The number of hydrogen-bond donors (Lipinski definition) is 1. The summed E-state index contributed by atoms with van der Waals surface area (Å²) in [6.45, 7) is 6.13. The first-order chi connectivity index (χ1) is 8.83. The molecule has 1 heterocycles. The Balaban J connectivity index is 2.17. The van der Waals surface area contributed by atoms with E-state index >= 15 is 0 Å². The van der Waals surface area contributed by atoms with Crippen LogP contribution in [0.25, 0.3) is 0 Å². The van der Waals surface area contributed by atoms with Gasteiger partial charge < -0.3 is 10.2 Å². The Morgan fingerprint density at radius 3 is 2.44 bits per heavy atom. The van der Waals surface area contributed by atoms with Gasteiger partial charge in [0.15, 0.2) is 0 Å². The van der Waals surface area contributed by atoms with Crippen LogP contribution in [0.3, 0.4) is 0 Å². The van der Waals surface area contributed by atoms with Crippen LogP contribution in [0.4, 0.5) is 17.3 Å². The predicted octanol–water partition coefficient (Wildman–Crippen LogP) is 3.07. The van der Waals surface area contributed by atoms with Gasteiger partial charge in [-0.15, -0.1) is 0 Å². The third-order valence-corrected chi connectivity index (χ3v) is 2.79. The third-order valence-electron chi connectivity index (χ3n) is 2.79. The average Bonchev–Trinajstić information content (AvgIpc) is 2.42. The lowest BCUT2D eigenvalue weighted by molar-refractivity contribution is 0.842. The number of para-hydroxylation sites is 1. The van der Waals surface area contributed by atoms with Crippen molar-refractivity contribution < 1.29 is 0 Å². The summed E-state index contributed by atoms with van der Waals surface area (Å²) in [5.74, 6) is 1.77. The molecule has 0 spiro atoms. The molecule has 4 heteroatoms. The van der Waals surface area contributed by atoms with Crippen LogP contribution in [0.5, 0.6) is 0 Å². The summed E-state index contributed by atoms with van der Waals surface area (Å²) in [6, 6.07) is 12.0. The molecule has 1 aromatic carbocycles. The summed E-state index contributed by atoms with van der Waals surface area (Å²) in [5.41, 5.74) is 1.03. The van der Waals surface area contributed by atoms with Gasteiger partial charge in [0.05, 0.1) is 0 Å². The maximum atomic E-state index is 4.30. The molecule has 0 aliphatic rings. The molecule has 2 aromatic rings. The highest BCUT2D eigenvalue weighted by atomic mass is 15.2. The van der Waals surface area contributed by atoms with Crippen LogP contribution >= 0.6 is 0 Å². The van der Waals surface area contributed by atoms with Gasteiger partial charge in [0.2, 0.25) is 0 Å². The van der Waals surface area contributed by atoms with Crippen molar-refractivity contribution in [3.63, 3.8) is 0 Å². The Labute approximate surface area is 108 Å². The first kappa shape index (κ1) is 12.4. The molecule has 2 rings (SSSR count). The summed E-state index contributed by atoms with van der Waals surface area (Å²) in [4.78, 5) is 10.7. The van der Waals surface area contributed by atoms with E-state index in [0.717, 1.165) is 30.4 Å². The van der Waals surface area contributed by atoms with E-state index in [-0.39, 0.29) is 0 Å². The van der Waals surface area contributed by atoms with Gasteiger partial charge in [-0.2, -0.15) is 0 Å². The number of nitrogens with one attached hydrogen (secondary N) is 1. The maximum absolute atomic E-state index is 4.30. The van der Waals surface area contributed by atoms with Crippen LogP contribution < -0.4 is 10.2 Å². The van der Waals surface area contributed by atoms with E-state index in [0.29, 0.717) is 0 Å². The Bertz CT molecular complexity index is 480. The Morgan fingerprint density at radius 2 is 1.78 bits per heavy atom. The molecule has 0 aliphatic carbocycles. The molecule has 0 unspecified atom stereocenters. The van der Waals surface area contributed by atoms with Crippen molar-refractivity contribution in [1.82, 2.24) is 9.97 Å². The van der Waals surface area contributed by atoms with Crippen LogP contribution in [0.1, 0.15) is 13.8 Å². The number of nitrogens with zero attached hydrogens (tertiary/aromatic N) is 3. The monoisotopic (exact) mass is 242 g/mol. The van der Waals surface area contributed by atoms with E-state index in [1.807, 2.05) is 36.4 Å². The van der Waals surface area contributed by atoms with E-state index in [9.17, 15) is 0 Å². The van der Waals surface area contributed by atoms with Crippen molar-refractivity contribution >= 4 is 17.3 Å². The zero-order valence-electron chi connectivity index (χ0n) is 10.8. The lowest BCUT2D eigenvalue weighted by Gasteiger charge is -2.19. The fourth-order valence-electron chi connectivity index (χ4n) is 1.81. The van der Waals surface area contributed by atoms with Crippen LogP contribution in [-0.2, 0) is 0 Å². The summed E-state index contributed by atoms with van der Waals surface area (Å²) in [5, 5.41) is 3.27. The van der Waals surface area contributed by atoms with E-state index < -0.39 is 0 Å². The molecule has 18 heavy (non-hydrogen) atoms.